The Morgan fingerprint density at radius 3 is 1.62 bits per heavy atom. The lowest BCUT2D eigenvalue weighted by molar-refractivity contribution is 0.960. The number of fused-ring (bicyclic) bond motifs is 2. The predicted octanol–water partition coefficient (Wildman–Crippen LogP) is 4.33. The van der Waals surface area contributed by atoms with E-state index in [0.717, 1.165) is 90.6 Å². The molecule has 0 amide bonds. The molecule has 0 unspecified atom stereocenters. The summed E-state index contributed by atoms with van der Waals surface area (Å²) in [7, 11) is 0. The van der Waals surface area contributed by atoms with Gasteiger partial charge in [-0.1, -0.05) is 0 Å². The molecular weight excluding hydrogens is 462 g/mol. The number of amidine groups is 2. The van der Waals surface area contributed by atoms with Crippen molar-refractivity contribution in [1.29, 1.82) is 0 Å². The summed E-state index contributed by atoms with van der Waals surface area (Å²) in [4.78, 5) is 23.3. The average molecular weight is 482 g/mol. The molecule has 5 heterocycles. The van der Waals surface area contributed by atoms with Gasteiger partial charge in [-0.25, -0.2) is 9.97 Å². The highest BCUT2D eigenvalue weighted by atomic mass is 32.1. The van der Waals surface area contributed by atoms with Crippen LogP contribution < -0.4 is 10.6 Å². The topological polar surface area (TPSA) is 87.5 Å². The molecule has 0 saturated carbocycles. The van der Waals surface area contributed by atoms with Gasteiger partial charge < -0.3 is 10.6 Å². The molecule has 0 atom stereocenters. The zero-order chi connectivity index (χ0) is 22.5. The zero-order valence-corrected chi connectivity index (χ0v) is 19.7. The van der Waals surface area contributed by atoms with Gasteiger partial charge in [0.2, 0.25) is 0 Å². The fraction of sp³-hybridized carbons (Fsp3) is 0.160. The van der Waals surface area contributed by atoms with Crippen molar-refractivity contribution in [3.8, 4) is 21.1 Å². The first-order valence-corrected chi connectivity index (χ1v) is 12.8. The summed E-state index contributed by atoms with van der Waals surface area (Å²) < 4.78 is 2.29. The van der Waals surface area contributed by atoms with E-state index in [1.807, 2.05) is 12.4 Å². The smallest absolute Gasteiger partial charge is 0.128 e. The van der Waals surface area contributed by atoms with E-state index in [2.05, 4.69) is 68.1 Å². The molecule has 0 fully saturated rings. The van der Waals surface area contributed by atoms with Gasteiger partial charge in [-0.2, -0.15) is 0 Å². The third-order valence-electron chi connectivity index (χ3n) is 5.90. The lowest BCUT2D eigenvalue weighted by Crippen LogP contribution is -2.19. The Balaban J connectivity index is 1.23. The largest absolute Gasteiger partial charge is 0.368 e. The second-order valence-electron chi connectivity index (χ2n) is 8.18. The summed E-state index contributed by atoms with van der Waals surface area (Å²) in [6, 6.07) is 14.8. The van der Waals surface area contributed by atoms with Crippen LogP contribution in [0.4, 0.5) is 0 Å². The molecule has 0 saturated heterocycles. The van der Waals surface area contributed by atoms with Gasteiger partial charge in [0.25, 0.3) is 0 Å². The van der Waals surface area contributed by atoms with Crippen molar-refractivity contribution < 1.29 is 0 Å². The molecule has 2 N–H and O–H groups in total. The van der Waals surface area contributed by atoms with Crippen LogP contribution in [0.15, 0.2) is 64.8 Å². The molecule has 0 bridgehead atoms. The number of benzene rings is 2. The number of hydrogen-bond acceptors (Lipinski definition) is 9. The van der Waals surface area contributed by atoms with E-state index in [-0.39, 0.29) is 0 Å². The van der Waals surface area contributed by atoms with E-state index in [0.29, 0.717) is 0 Å². The van der Waals surface area contributed by atoms with Crippen LogP contribution in [0.3, 0.4) is 0 Å². The van der Waals surface area contributed by atoms with Crippen LogP contribution in [0.1, 0.15) is 11.1 Å². The van der Waals surface area contributed by atoms with Gasteiger partial charge in [0.1, 0.15) is 21.7 Å². The van der Waals surface area contributed by atoms with E-state index in [9.17, 15) is 0 Å². The fourth-order valence-electron chi connectivity index (χ4n) is 4.25. The number of nitrogens with zero attached hydrogens (tertiary/aromatic N) is 5. The minimum absolute atomic E-state index is 0.832. The summed E-state index contributed by atoms with van der Waals surface area (Å²) >= 11 is 3.35. The first-order chi connectivity index (χ1) is 16.8. The number of thiazole rings is 2. The maximum absolute atomic E-state index is 4.87. The first kappa shape index (κ1) is 19.7. The van der Waals surface area contributed by atoms with Crippen LogP contribution in [0, 0.1) is 0 Å². The Kier molecular flexibility index (Phi) is 4.63. The fourth-order valence-corrected chi connectivity index (χ4v) is 6.22. The third kappa shape index (κ3) is 3.44. The Hall–Kier alpha value is -3.69. The first-order valence-electron chi connectivity index (χ1n) is 11.1. The van der Waals surface area contributed by atoms with Gasteiger partial charge in [0.15, 0.2) is 0 Å². The van der Waals surface area contributed by atoms with Gasteiger partial charge >= 0.3 is 0 Å². The van der Waals surface area contributed by atoms with Crippen molar-refractivity contribution in [2.45, 2.75) is 0 Å². The normalized spacial score (nSPS) is 15.4. The molecule has 9 heteroatoms. The molecule has 3 aromatic heterocycles. The molecule has 34 heavy (non-hydrogen) atoms. The lowest BCUT2D eigenvalue weighted by atomic mass is 10.2. The average Bonchev–Trinajstić information content (AvgIpc) is 3.69. The Labute approximate surface area is 203 Å². The number of rotatable bonds is 4. The Bertz CT molecular complexity index is 1510. The van der Waals surface area contributed by atoms with Crippen LogP contribution in [0.5, 0.6) is 0 Å². The second-order valence-corrected chi connectivity index (χ2v) is 10.2. The second kappa shape index (κ2) is 7.96. The number of aliphatic imine (C=N–C) groups is 2. The standard InChI is InChI=1S/C25H19N7S2/c1-3-18-20(10-14(1)22-27-5-6-28-22)33-24(31-18)16-9-17(13-26-12-16)25-32-19-4-2-15(11-21(19)34-25)23-29-7-8-30-23/h1-4,9-13H,5-8H2,(H,27,28)(H,29,30). The Morgan fingerprint density at radius 1 is 0.618 bits per heavy atom. The van der Waals surface area contributed by atoms with E-state index in [1.165, 1.54) is 0 Å². The molecule has 7 rings (SSSR count). The zero-order valence-electron chi connectivity index (χ0n) is 18.1. The molecule has 7 nitrogen and oxygen atoms in total. The van der Waals surface area contributed by atoms with Crippen LogP contribution in [0.25, 0.3) is 41.6 Å². The van der Waals surface area contributed by atoms with Crippen molar-refractivity contribution in [1.82, 2.24) is 25.6 Å². The van der Waals surface area contributed by atoms with E-state index < -0.39 is 0 Å². The highest BCUT2D eigenvalue weighted by Gasteiger charge is 2.15. The maximum atomic E-state index is 4.87. The van der Waals surface area contributed by atoms with E-state index >= 15 is 0 Å². The van der Waals surface area contributed by atoms with Gasteiger partial charge in [-0.05, 0) is 42.5 Å². The summed E-state index contributed by atoms with van der Waals surface area (Å²) in [5.41, 5.74) is 6.20. The molecule has 0 spiro atoms. The number of aromatic nitrogens is 3. The lowest BCUT2D eigenvalue weighted by Gasteiger charge is -2.01. The minimum Gasteiger partial charge on any atom is -0.368 e. The molecule has 5 aromatic rings. The van der Waals surface area contributed by atoms with Crippen LogP contribution in [0.2, 0.25) is 0 Å². The van der Waals surface area contributed by atoms with Crippen LogP contribution in [-0.4, -0.2) is 52.8 Å². The summed E-state index contributed by atoms with van der Waals surface area (Å²) in [5.74, 6) is 1.94. The van der Waals surface area contributed by atoms with E-state index in [4.69, 9.17) is 9.97 Å². The van der Waals surface area contributed by atoms with Gasteiger partial charge in [0, 0.05) is 47.7 Å². The van der Waals surface area contributed by atoms with Crippen LogP contribution >= 0.6 is 22.7 Å². The third-order valence-corrected chi connectivity index (χ3v) is 8.04. The van der Waals surface area contributed by atoms with Crippen molar-refractivity contribution in [3.05, 3.63) is 66.0 Å². The quantitative estimate of drug-likeness (QED) is 0.399. The molecule has 2 aliphatic heterocycles. The highest BCUT2D eigenvalue weighted by Crippen LogP contribution is 2.35. The predicted molar refractivity (Wildman–Crippen MR) is 140 cm³/mol. The van der Waals surface area contributed by atoms with Crippen molar-refractivity contribution in [2.75, 3.05) is 26.2 Å². The minimum atomic E-state index is 0.832. The van der Waals surface area contributed by atoms with Crippen LogP contribution in [-0.2, 0) is 0 Å². The van der Waals surface area contributed by atoms with Gasteiger partial charge in [-0.3, -0.25) is 15.0 Å². The summed E-state index contributed by atoms with van der Waals surface area (Å²) in [6.07, 6.45) is 3.75. The van der Waals surface area contributed by atoms with Crippen molar-refractivity contribution in [2.24, 2.45) is 9.98 Å². The van der Waals surface area contributed by atoms with Gasteiger partial charge in [-0.15, -0.1) is 22.7 Å². The molecule has 0 radical (unpaired) electrons. The molecule has 2 aromatic carbocycles. The molecule has 0 aliphatic carbocycles. The molecule has 2 aliphatic rings. The monoisotopic (exact) mass is 481 g/mol. The van der Waals surface area contributed by atoms with Gasteiger partial charge in [0.05, 0.1) is 33.5 Å². The Morgan fingerprint density at radius 2 is 1.15 bits per heavy atom. The summed E-state index contributed by atoms with van der Waals surface area (Å²) in [6.45, 7) is 3.47. The molecule has 166 valence electrons. The SMILES string of the molecule is c1cc2nc(-c3cncc(-c4nc5ccc(C6=NCCN6)cc5s4)c3)sc2cc1C1=NCCN1. The van der Waals surface area contributed by atoms with Crippen molar-refractivity contribution in [3.63, 3.8) is 0 Å². The number of pyridine rings is 1. The highest BCUT2D eigenvalue weighted by molar-refractivity contribution is 7.22. The van der Waals surface area contributed by atoms with E-state index in [1.54, 1.807) is 22.7 Å². The van der Waals surface area contributed by atoms with Crippen molar-refractivity contribution >= 4 is 54.8 Å². The number of hydrogen-bond donors (Lipinski definition) is 2. The number of nitrogens with one attached hydrogen (secondary N) is 2. The summed E-state index contributed by atoms with van der Waals surface area (Å²) in [5, 5.41) is 8.59. The maximum Gasteiger partial charge on any atom is 0.128 e. The molecular formula is C25H19N7S2.